The number of hydrogen-bond donors (Lipinski definition) is 2. The van der Waals surface area contributed by atoms with Crippen LogP contribution in [-0.2, 0) is 9.59 Å². The minimum absolute atomic E-state index is 0.273. The van der Waals surface area contributed by atoms with E-state index in [1.54, 1.807) is 57.5 Å². The molecule has 2 amide bonds. The number of benzene rings is 2. The minimum atomic E-state index is -0.963. The van der Waals surface area contributed by atoms with Crippen molar-refractivity contribution in [2.45, 2.75) is 13.3 Å². The zero-order valence-electron chi connectivity index (χ0n) is 19.2. The summed E-state index contributed by atoms with van der Waals surface area (Å²) in [6.45, 7) is 1.72. The van der Waals surface area contributed by atoms with Crippen molar-refractivity contribution in [2.75, 3.05) is 28.4 Å². The highest BCUT2D eigenvalue weighted by atomic mass is 16.5. The number of carbonyl (C=O) groups excluding carboxylic acids is 2. The monoisotopic (exact) mass is 456 g/mol. The van der Waals surface area contributed by atoms with Gasteiger partial charge in [0.1, 0.15) is 5.92 Å². The number of hydrazone groups is 2. The quantitative estimate of drug-likeness (QED) is 0.304. The zero-order chi connectivity index (χ0) is 24.2. The van der Waals surface area contributed by atoms with Crippen LogP contribution in [0.25, 0.3) is 0 Å². The van der Waals surface area contributed by atoms with E-state index in [2.05, 4.69) is 21.1 Å². The lowest BCUT2D eigenvalue weighted by atomic mass is 10.1. The second kappa shape index (κ2) is 12.7. The third-order valence-corrected chi connectivity index (χ3v) is 4.63. The van der Waals surface area contributed by atoms with Gasteiger partial charge in [-0.05, 0) is 53.9 Å². The Morgan fingerprint density at radius 2 is 1.15 bits per heavy atom. The van der Waals surface area contributed by atoms with Crippen LogP contribution in [0, 0.1) is 5.92 Å². The van der Waals surface area contributed by atoms with Crippen LogP contribution >= 0.6 is 0 Å². The Morgan fingerprint density at radius 1 is 0.758 bits per heavy atom. The van der Waals surface area contributed by atoms with Crippen molar-refractivity contribution in [3.8, 4) is 23.0 Å². The van der Waals surface area contributed by atoms with E-state index in [1.165, 1.54) is 26.6 Å². The van der Waals surface area contributed by atoms with E-state index in [4.69, 9.17) is 18.9 Å². The van der Waals surface area contributed by atoms with Gasteiger partial charge in [0.2, 0.25) is 0 Å². The highest BCUT2D eigenvalue weighted by molar-refractivity contribution is 6.00. The molecule has 2 rings (SSSR count). The maximum Gasteiger partial charge on any atom is 0.252 e. The largest absolute Gasteiger partial charge is 0.493 e. The molecule has 0 aromatic heterocycles. The molecule has 0 spiro atoms. The van der Waals surface area contributed by atoms with Crippen molar-refractivity contribution in [2.24, 2.45) is 16.1 Å². The molecule has 33 heavy (non-hydrogen) atoms. The second-order valence-corrected chi connectivity index (χ2v) is 6.66. The molecule has 0 saturated heterocycles. The van der Waals surface area contributed by atoms with Crippen molar-refractivity contribution in [3.05, 3.63) is 47.5 Å². The van der Waals surface area contributed by atoms with E-state index in [1.807, 2.05) is 0 Å². The van der Waals surface area contributed by atoms with Crippen LogP contribution in [0.4, 0.5) is 0 Å². The molecule has 10 heteroatoms. The smallest absolute Gasteiger partial charge is 0.252 e. The van der Waals surface area contributed by atoms with Gasteiger partial charge in [0.25, 0.3) is 11.8 Å². The number of amides is 2. The first-order valence-electron chi connectivity index (χ1n) is 10.1. The van der Waals surface area contributed by atoms with E-state index in [9.17, 15) is 9.59 Å². The molecule has 0 saturated carbocycles. The van der Waals surface area contributed by atoms with Gasteiger partial charge in [-0.2, -0.15) is 10.2 Å². The maximum atomic E-state index is 12.4. The zero-order valence-corrected chi connectivity index (χ0v) is 19.2. The summed E-state index contributed by atoms with van der Waals surface area (Å²) in [6.07, 6.45) is 3.16. The van der Waals surface area contributed by atoms with Crippen molar-refractivity contribution in [3.63, 3.8) is 0 Å². The number of ether oxygens (including phenoxy) is 4. The minimum Gasteiger partial charge on any atom is -0.493 e. The van der Waals surface area contributed by atoms with E-state index < -0.39 is 17.7 Å². The van der Waals surface area contributed by atoms with Crippen molar-refractivity contribution in [1.29, 1.82) is 0 Å². The predicted molar refractivity (Wildman–Crippen MR) is 124 cm³/mol. The Labute approximate surface area is 192 Å². The van der Waals surface area contributed by atoms with Crippen molar-refractivity contribution in [1.82, 2.24) is 10.9 Å². The van der Waals surface area contributed by atoms with Crippen molar-refractivity contribution < 1.29 is 28.5 Å². The number of rotatable bonds is 11. The van der Waals surface area contributed by atoms with Gasteiger partial charge in [-0.1, -0.05) is 6.92 Å². The predicted octanol–water partition coefficient (Wildman–Crippen LogP) is 2.35. The van der Waals surface area contributed by atoms with Gasteiger partial charge in [-0.3, -0.25) is 9.59 Å². The molecule has 0 aliphatic carbocycles. The molecule has 0 bridgehead atoms. The molecule has 2 N–H and O–H groups in total. The third-order valence-electron chi connectivity index (χ3n) is 4.63. The van der Waals surface area contributed by atoms with Gasteiger partial charge in [0.15, 0.2) is 23.0 Å². The molecule has 2 aromatic carbocycles. The Kier molecular flexibility index (Phi) is 9.69. The first-order chi connectivity index (χ1) is 16.0. The summed E-state index contributed by atoms with van der Waals surface area (Å²) in [5, 5.41) is 7.84. The molecular weight excluding hydrogens is 428 g/mol. The molecule has 0 heterocycles. The van der Waals surface area contributed by atoms with E-state index in [-0.39, 0.29) is 6.42 Å². The number of carbonyl (C=O) groups is 2. The van der Waals surface area contributed by atoms with Crippen LogP contribution in [0.15, 0.2) is 46.6 Å². The molecule has 0 aliphatic heterocycles. The standard InChI is InChI=1S/C23H28N4O6/c1-6-17(22(28)26-24-13-15-7-9-18(30-2)20(11-15)32-4)23(29)27-25-14-16-8-10-19(31-3)21(12-16)33-5/h7-14,17H,6H2,1-5H3,(H,26,28)(H,27,29)/b24-13+,25-14+. The summed E-state index contributed by atoms with van der Waals surface area (Å²) < 4.78 is 20.8. The fraction of sp³-hybridized carbons (Fsp3) is 0.304. The Balaban J connectivity index is 1.96. The summed E-state index contributed by atoms with van der Waals surface area (Å²) in [4.78, 5) is 24.8. The molecular formula is C23H28N4O6. The van der Waals surface area contributed by atoms with Crippen LogP contribution in [-0.4, -0.2) is 52.7 Å². The van der Waals surface area contributed by atoms with Gasteiger partial charge in [0.05, 0.1) is 40.9 Å². The lowest BCUT2D eigenvalue weighted by Crippen LogP contribution is -2.37. The van der Waals surface area contributed by atoms with Crippen LogP contribution in [0.1, 0.15) is 24.5 Å². The molecule has 176 valence electrons. The van der Waals surface area contributed by atoms with Gasteiger partial charge in [-0.15, -0.1) is 0 Å². The normalized spacial score (nSPS) is 11.0. The Bertz CT molecular complexity index is 943. The molecule has 10 nitrogen and oxygen atoms in total. The molecule has 0 radical (unpaired) electrons. The lowest BCUT2D eigenvalue weighted by Gasteiger charge is -2.11. The van der Waals surface area contributed by atoms with Crippen LogP contribution < -0.4 is 29.8 Å². The summed E-state index contributed by atoms with van der Waals surface area (Å²) in [7, 11) is 6.14. The highest BCUT2D eigenvalue weighted by Crippen LogP contribution is 2.27. The number of nitrogens with one attached hydrogen (secondary N) is 2. The highest BCUT2D eigenvalue weighted by Gasteiger charge is 2.24. The molecule has 0 atom stereocenters. The van der Waals surface area contributed by atoms with Crippen molar-refractivity contribution >= 4 is 24.2 Å². The number of nitrogens with zero attached hydrogens (tertiary/aromatic N) is 2. The second-order valence-electron chi connectivity index (χ2n) is 6.66. The summed E-state index contributed by atoms with van der Waals surface area (Å²) in [6, 6.07) is 10.4. The maximum absolute atomic E-state index is 12.4. The Hall–Kier alpha value is -4.08. The average molecular weight is 456 g/mol. The van der Waals surface area contributed by atoms with Gasteiger partial charge >= 0.3 is 0 Å². The van der Waals surface area contributed by atoms with Gasteiger partial charge in [0, 0.05) is 0 Å². The first-order valence-corrected chi connectivity index (χ1v) is 10.1. The fourth-order valence-corrected chi connectivity index (χ4v) is 2.85. The van der Waals surface area contributed by atoms with Crippen LogP contribution in [0.3, 0.4) is 0 Å². The molecule has 0 fully saturated rings. The number of hydrogen-bond acceptors (Lipinski definition) is 8. The number of methoxy groups -OCH3 is 4. The van der Waals surface area contributed by atoms with Gasteiger partial charge < -0.3 is 18.9 Å². The van der Waals surface area contributed by atoms with Crippen LogP contribution in [0.2, 0.25) is 0 Å². The summed E-state index contributed by atoms with van der Waals surface area (Å²) in [5.41, 5.74) is 6.13. The molecule has 0 aliphatic rings. The van der Waals surface area contributed by atoms with E-state index in [0.717, 1.165) is 0 Å². The van der Waals surface area contributed by atoms with Gasteiger partial charge in [-0.25, -0.2) is 10.9 Å². The Morgan fingerprint density at radius 3 is 1.48 bits per heavy atom. The SMILES string of the molecule is CCC(C(=O)N/N=C/c1ccc(OC)c(OC)c1)C(=O)N/N=C/c1ccc(OC)c(OC)c1. The van der Waals surface area contributed by atoms with E-state index in [0.29, 0.717) is 34.1 Å². The topological polar surface area (TPSA) is 120 Å². The summed E-state index contributed by atoms with van der Waals surface area (Å²) in [5.74, 6) is 0.165. The summed E-state index contributed by atoms with van der Waals surface area (Å²) >= 11 is 0. The first kappa shape index (κ1) is 25.2. The van der Waals surface area contributed by atoms with E-state index >= 15 is 0 Å². The molecule has 2 aromatic rings. The molecule has 0 unspecified atom stereocenters. The lowest BCUT2D eigenvalue weighted by molar-refractivity contribution is -0.135. The average Bonchev–Trinajstić information content (AvgIpc) is 2.84. The van der Waals surface area contributed by atoms with Crippen LogP contribution in [0.5, 0.6) is 23.0 Å². The fourth-order valence-electron chi connectivity index (χ4n) is 2.85. The third kappa shape index (κ3) is 6.96.